The summed E-state index contributed by atoms with van der Waals surface area (Å²) in [6.07, 6.45) is 1.24. The smallest absolute Gasteiger partial charge is 0.262 e. The van der Waals surface area contributed by atoms with Crippen molar-refractivity contribution in [3.63, 3.8) is 0 Å². The van der Waals surface area contributed by atoms with Crippen LogP contribution in [-0.2, 0) is 4.79 Å². The molecule has 168 valence electrons. The third kappa shape index (κ3) is 5.45. The van der Waals surface area contributed by atoms with Gasteiger partial charge in [-0.05, 0) is 55.5 Å². The fourth-order valence-electron chi connectivity index (χ4n) is 3.06. The molecule has 1 N–H and O–H groups in total. The summed E-state index contributed by atoms with van der Waals surface area (Å²) in [5.41, 5.74) is 0.576. The molecule has 0 aliphatic rings. The summed E-state index contributed by atoms with van der Waals surface area (Å²) in [5, 5.41) is 3.60. The van der Waals surface area contributed by atoms with Crippen molar-refractivity contribution in [2.45, 2.75) is 6.92 Å². The highest BCUT2D eigenvalue weighted by Crippen LogP contribution is 2.31. The van der Waals surface area contributed by atoms with E-state index in [-0.39, 0.29) is 23.7 Å². The summed E-state index contributed by atoms with van der Waals surface area (Å²) in [7, 11) is 0. The van der Waals surface area contributed by atoms with Crippen molar-refractivity contribution in [2.75, 3.05) is 18.5 Å². The van der Waals surface area contributed by atoms with Crippen molar-refractivity contribution in [2.24, 2.45) is 0 Å². The van der Waals surface area contributed by atoms with E-state index in [0.29, 0.717) is 45.5 Å². The molecule has 1 aromatic heterocycles. The van der Waals surface area contributed by atoms with Gasteiger partial charge in [0.2, 0.25) is 11.2 Å². The molecule has 8 heteroatoms. The first-order valence-electron chi connectivity index (χ1n) is 10.2. The van der Waals surface area contributed by atoms with Gasteiger partial charge in [-0.2, -0.15) is 0 Å². The minimum absolute atomic E-state index is 0.0330. The first-order valence-corrected chi connectivity index (χ1v) is 10.5. The van der Waals surface area contributed by atoms with Crippen molar-refractivity contribution in [3.8, 4) is 23.0 Å². The van der Waals surface area contributed by atoms with E-state index in [4.69, 9.17) is 30.2 Å². The van der Waals surface area contributed by atoms with Gasteiger partial charge in [0.1, 0.15) is 17.6 Å². The van der Waals surface area contributed by atoms with E-state index in [0.717, 1.165) is 0 Å². The van der Waals surface area contributed by atoms with Crippen molar-refractivity contribution in [3.05, 3.63) is 88.2 Å². The molecule has 0 aliphatic heterocycles. The fraction of sp³-hybridized carbons (Fsp3) is 0.120. The molecule has 0 unspecified atom stereocenters. The molecule has 0 saturated carbocycles. The van der Waals surface area contributed by atoms with E-state index < -0.39 is 0 Å². The monoisotopic (exact) mass is 465 g/mol. The summed E-state index contributed by atoms with van der Waals surface area (Å²) in [4.78, 5) is 25.0. The van der Waals surface area contributed by atoms with Crippen LogP contribution in [0.15, 0.2) is 82.2 Å². The quantitative estimate of drug-likeness (QED) is 0.361. The number of anilines is 1. The minimum atomic E-state index is -0.338. The van der Waals surface area contributed by atoms with Crippen molar-refractivity contribution in [1.82, 2.24) is 0 Å². The van der Waals surface area contributed by atoms with Gasteiger partial charge in [0.05, 0.1) is 12.0 Å². The topological polar surface area (TPSA) is 87.0 Å². The molecule has 33 heavy (non-hydrogen) atoms. The van der Waals surface area contributed by atoms with Crippen LogP contribution in [0.4, 0.5) is 5.69 Å². The standard InChI is InChI=1S/C25H20ClNO6/c1-2-30-20-5-3-4-6-21(20)33-23-14-32-22-13-18(11-12-19(22)25(23)29)31-15-24(28)27-17-9-7-16(26)8-10-17/h3-14H,2,15H2,1H3,(H,27,28). The van der Waals surface area contributed by atoms with E-state index >= 15 is 0 Å². The number of hydrogen-bond acceptors (Lipinski definition) is 6. The van der Waals surface area contributed by atoms with Gasteiger partial charge < -0.3 is 23.9 Å². The second-order valence-corrected chi connectivity index (χ2v) is 7.35. The number of para-hydroxylation sites is 2. The normalized spacial score (nSPS) is 10.6. The van der Waals surface area contributed by atoms with Crippen molar-refractivity contribution >= 4 is 34.2 Å². The molecule has 0 aliphatic carbocycles. The average Bonchev–Trinajstić information content (AvgIpc) is 2.82. The van der Waals surface area contributed by atoms with E-state index in [2.05, 4.69) is 5.32 Å². The number of carbonyl (C=O) groups is 1. The lowest BCUT2D eigenvalue weighted by molar-refractivity contribution is -0.118. The molecule has 3 aromatic carbocycles. The van der Waals surface area contributed by atoms with Crippen LogP contribution >= 0.6 is 11.6 Å². The zero-order valence-corrected chi connectivity index (χ0v) is 18.4. The second-order valence-electron chi connectivity index (χ2n) is 6.91. The molecule has 0 spiro atoms. The molecular formula is C25H20ClNO6. The number of hydrogen-bond donors (Lipinski definition) is 1. The van der Waals surface area contributed by atoms with Crippen LogP contribution in [0.2, 0.25) is 5.02 Å². The molecule has 7 nitrogen and oxygen atoms in total. The highest BCUT2D eigenvalue weighted by Gasteiger charge is 2.13. The maximum absolute atomic E-state index is 12.9. The number of amides is 1. The lowest BCUT2D eigenvalue weighted by atomic mass is 10.2. The predicted octanol–water partition coefficient (Wildman–Crippen LogP) is 5.65. The first kappa shape index (κ1) is 22.2. The van der Waals surface area contributed by atoms with Crippen LogP contribution in [0, 0.1) is 0 Å². The average molecular weight is 466 g/mol. The Morgan fingerprint density at radius 2 is 1.73 bits per heavy atom. The van der Waals surface area contributed by atoms with E-state index in [1.807, 2.05) is 13.0 Å². The molecule has 1 amide bonds. The van der Waals surface area contributed by atoms with Crippen LogP contribution < -0.4 is 25.0 Å². The SMILES string of the molecule is CCOc1ccccc1Oc1coc2cc(OCC(=O)Nc3ccc(Cl)cc3)ccc2c1=O. The van der Waals surface area contributed by atoms with Gasteiger partial charge in [-0.1, -0.05) is 23.7 Å². The van der Waals surface area contributed by atoms with Crippen LogP contribution in [0.1, 0.15) is 6.92 Å². The maximum Gasteiger partial charge on any atom is 0.262 e. The molecule has 0 saturated heterocycles. The van der Waals surface area contributed by atoms with Gasteiger partial charge in [-0.15, -0.1) is 0 Å². The molecule has 0 atom stereocenters. The van der Waals surface area contributed by atoms with E-state index in [1.165, 1.54) is 6.26 Å². The predicted molar refractivity (Wildman–Crippen MR) is 126 cm³/mol. The number of rotatable bonds is 8. The van der Waals surface area contributed by atoms with Crippen LogP contribution in [0.5, 0.6) is 23.0 Å². The summed E-state index contributed by atoms with van der Waals surface area (Å²) >= 11 is 5.84. The van der Waals surface area contributed by atoms with E-state index in [1.54, 1.807) is 60.7 Å². The number of halogens is 1. The third-order valence-electron chi connectivity index (χ3n) is 4.58. The number of ether oxygens (including phenoxy) is 3. The van der Waals surface area contributed by atoms with Gasteiger partial charge >= 0.3 is 0 Å². The number of nitrogens with one attached hydrogen (secondary N) is 1. The summed E-state index contributed by atoms with van der Waals surface area (Å²) < 4.78 is 22.4. The van der Waals surface area contributed by atoms with Crippen LogP contribution in [0.3, 0.4) is 0 Å². The van der Waals surface area contributed by atoms with Gasteiger partial charge in [0.25, 0.3) is 5.91 Å². The summed E-state index contributed by atoms with van der Waals surface area (Å²) in [5.74, 6) is 1.02. The molecular weight excluding hydrogens is 446 g/mol. The zero-order chi connectivity index (χ0) is 23.2. The molecule has 0 fully saturated rings. The highest BCUT2D eigenvalue weighted by molar-refractivity contribution is 6.30. The first-order chi connectivity index (χ1) is 16.0. The summed E-state index contributed by atoms with van der Waals surface area (Å²) in [6.45, 7) is 2.11. The van der Waals surface area contributed by atoms with Gasteiger partial charge in [0, 0.05) is 16.8 Å². The van der Waals surface area contributed by atoms with Crippen molar-refractivity contribution < 1.29 is 23.4 Å². The van der Waals surface area contributed by atoms with Crippen LogP contribution in [0.25, 0.3) is 11.0 Å². The molecule has 1 heterocycles. The Bertz CT molecular complexity index is 1330. The Morgan fingerprint density at radius 1 is 0.970 bits per heavy atom. The largest absolute Gasteiger partial charge is 0.490 e. The van der Waals surface area contributed by atoms with E-state index in [9.17, 15) is 9.59 Å². The lowest BCUT2D eigenvalue weighted by Crippen LogP contribution is -2.20. The maximum atomic E-state index is 12.9. The minimum Gasteiger partial charge on any atom is -0.490 e. The molecule has 4 aromatic rings. The molecule has 4 rings (SSSR count). The Balaban J connectivity index is 1.46. The van der Waals surface area contributed by atoms with Gasteiger partial charge in [-0.25, -0.2) is 0 Å². The Morgan fingerprint density at radius 3 is 2.48 bits per heavy atom. The summed E-state index contributed by atoms with van der Waals surface area (Å²) in [6, 6.07) is 18.5. The Kier molecular flexibility index (Phi) is 6.80. The number of fused-ring (bicyclic) bond motifs is 1. The van der Waals surface area contributed by atoms with Gasteiger partial charge in [0.15, 0.2) is 18.1 Å². The van der Waals surface area contributed by atoms with Crippen LogP contribution in [-0.4, -0.2) is 19.1 Å². The fourth-order valence-corrected chi connectivity index (χ4v) is 3.18. The molecule has 0 radical (unpaired) electrons. The molecule has 0 bridgehead atoms. The second kappa shape index (κ2) is 10.1. The van der Waals surface area contributed by atoms with Crippen molar-refractivity contribution in [1.29, 1.82) is 0 Å². The zero-order valence-electron chi connectivity index (χ0n) is 17.7. The Labute approximate surface area is 194 Å². The number of benzene rings is 3. The number of carbonyl (C=O) groups excluding carboxylic acids is 1. The third-order valence-corrected chi connectivity index (χ3v) is 4.83. The van der Waals surface area contributed by atoms with Gasteiger partial charge in [-0.3, -0.25) is 9.59 Å². The highest BCUT2D eigenvalue weighted by atomic mass is 35.5. The Hall–Kier alpha value is -3.97. The lowest BCUT2D eigenvalue weighted by Gasteiger charge is -2.11.